The van der Waals surface area contributed by atoms with E-state index in [2.05, 4.69) is 20.7 Å². The van der Waals surface area contributed by atoms with Crippen molar-refractivity contribution in [3.05, 3.63) is 53.1 Å². The van der Waals surface area contributed by atoms with Crippen molar-refractivity contribution in [1.29, 1.82) is 0 Å². The van der Waals surface area contributed by atoms with Crippen LogP contribution in [0, 0.1) is 5.82 Å². The number of rotatable bonds is 4. The Kier molecular flexibility index (Phi) is 3.28. The fourth-order valence-corrected chi connectivity index (χ4v) is 1.83. The maximum Gasteiger partial charge on any atom is 0.291 e. The molecule has 2 aromatic rings. The van der Waals surface area contributed by atoms with Gasteiger partial charge in [-0.05, 0) is 36.6 Å². The molecule has 1 aliphatic carbocycles. The van der Waals surface area contributed by atoms with Gasteiger partial charge in [0.15, 0.2) is 5.69 Å². The molecule has 102 valence electrons. The summed E-state index contributed by atoms with van der Waals surface area (Å²) in [5.74, 6) is -0.159. The van der Waals surface area contributed by atoms with Gasteiger partial charge in [-0.25, -0.2) is 9.82 Å². The molecule has 0 saturated heterocycles. The normalized spacial score (nSPS) is 14.7. The monoisotopic (exact) mass is 272 g/mol. The van der Waals surface area contributed by atoms with Crippen LogP contribution in [0.15, 0.2) is 35.4 Å². The molecule has 2 N–H and O–H groups in total. The summed E-state index contributed by atoms with van der Waals surface area (Å²) >= 11 is 0. The van der Waals surface area contributed by atoms with Crippen LogP contribution < -0.4 is 5.43 Å². The molecule has 1 aromatic carbocycles. The molecule has 6 heteroatoms. The molecule has 0 spiro atoms. The Morgan fingerprint density at radius 2 is 2.15 bits per heavy atom. The Morgan fingerprint density at radius 1 is 1.40 bits per heavy atom. The smallest absolute Gasteiger partial charge is 0.281 e. The summed E-state index contributed by atoms with van der Waals surface area (Å²) in [5, 5.41) is 10.6. The highest BCUT2D eigenvalue weighted by Gasteiger charge is 2.26. The molecule has 0 radical (unpaired) electrons. The number of carbonyl (C=O) groups is 1. The van der Waals surface area contributed by atoms with Crippen molar-refractivity contribution in [3.63, 3.8) is 0 Å². The molecule has 1 aliphatic rings. The minimum Gasteiger partial charge on any atom is -0.281 e. The van der Waals surface area contributed by atoms with Gasteiger partial charge in [0, 0.05) is 11.6 Å². The van der Waals surface area contributed by atoms with Gasteiger partial charge in [0.1, 0.15) is 5.82 Å². The van der Waals surface area contributed by atoms with Crippen LogP contribution >= 0.6 is 0 Å². The number of hydrogen-bond acceptors (Lipinski definition) is 3. The first-order valence-corrected chi connectivity index (χ1v) is 6.36. The van der Waals surface area contributed by atoms with Crippen molar-refractivity contribution >= 4 is 12.1 Å². The molecule has 1 heterocycles. The summed E-state index contributed by atoms with van der Waals surface area (Å²) in [6.45, 7) is 0. The second kappa shape index (κ2) is 5.24. The third-order valence-electron chi connectivity index (χ3n) is 3.10. The van der Waals surface area contributed by atoms with Gasteiger partial charge in [0.2, 0.25) is 0 Å². The maximum atomic E-state index is 12.7. The zero-order valence-corrected chi connectivity index (χ0v) is 10.6. The summed E-state index contributed by atoms with van der Waals surface area (Å²) in [6, 6.07) is 7.56. The van der Waals surface area contributed by atoms with E-state index in [4.69, 9.17) is 0 Å². The number of amides is 1. The topological polar surface area (TPSA) is 70.1 Å². The summed E-state index contributed by atoms with van der Waals surface area (Å²) in [5.41, 5.74) is 4.41. The quantitative estimate of drug-likeness (QED) is 0.661. The number of H-pyrrole nitrogens is 1. The summed E-state index contributed by atoms with van der Waals surface area (Å²) in [4.78, 5) is 11.8. The minimum absolute atomic E-state index is 0.310. The predicted octanol–water partition coefficient (Wildman–Crippen LogP) is 2.19. The SMILES string of the molecule is O=C(N/N=C\c1ccc(F)cc1)c1cc(C2CC2)[nH]n1. The molecule has 1 aromatic heterocycles. The molecule has 5 nitrogen and oxygen atoms in total. The lowest BCUT2D eigenvalue weighted by molar-refractivity contribution is 0.0950. The van der Waals surface area contributed by atoms with Crippen molar-refractivity contribution in [1.82, 2.24) is 15.6 Å². The van der Waals surface area contributed by atoms with Crippen molar-refractivity contribution < 1.29 is 9.18 Å². The number of carbonyl (C=O) groups excluding carboxylic acids is 1. The molecular weight excluding hydrogens is 259 g/mol. The number of nitrogens with one attached hydrogen (secondary N) is 2. The predicted molar refractivity (Wildman–Crippen MR) is 72.0 cm³/mol. The summed E-state index contributed by atoms with van der Waals surface area (Å²) < 4.78 is 12.7. The number of hydrogen-bond donors (Lipinski definition) is 2. The fourth-order valence-electron chi connectivity index (χ4n) is 1.83. The third-order valence-corrected chi connectivity index (χ3v) is 3.10. The van der Waals surface area contributed by atoms with E-state index in [1.807, 2.05) is 0 Å². The Morgan fingerprint density at radius 3 is 2.85 bits per heavy atom. The highest BCUT2D eigenvalue weighted by molar-refractivity contribution is 5.93. The number of aromatic amines is 1. The number of halogens is 1. The average molecular weight is 272 g/mol. The zero-order valence-electron chi connectivity index (χ0n) is 10.6. The van der Waals surface area contributed by atoms with E-state index in [9.17, 15) is 9.18 Å². The summed E-state index contributed by atoms with van der Waals surface area (Å²) in [6.07, 6.45) is 3.74. The number of aromatic nitrogens is 2. The average Bonchev–Trinajstić information content (AvgIpc) is 3.18. The molecule has 3 rings (SSSR count). The van der Waals surface area contributed by atoms with E-state index in [-0.39, 0.29) is 11.7 Å². The lowest BCUT2D eigenvalue weighted by atomic mass is 10.2. The Hall–Kier alpha value is -2.50. The fraction of sp³-hybridized carbons (Fsp3) is 0.214. The van der Waals surface area contributed by atoms with Crippen LogP contribution in [0.25, 0.3) is 0 Å². The van der Waals surface area contributed by atoms with Crippen molar-refractivity contribution in [3.8, 4) is 0 Å². The molecule has 1 amide bonds. The third kappa shape index (κ3) is 2.90. The van der Waals surface area contributed by atoms with E-state index in [1.165, 1.54) is 18.3 Å². The van der Waals surface area contributed by atoms with Crippen LogP contribution in [0.2, 0.25) is 0 Å². The number of benzene rings is 1. The van der Waals surface area contributed by atoms with Gasteiger partial charge in [0.05, 0.1) is 6.21 Å². The van der Waals surface area contributed by atoms with Crippen LogP contribution in [-0.2, 0) is 0 Å². The van der Waals surface area contributed by atoms with Gasteiger partial charge >= 0.3 is 0 Å². The minimum atomic E-state index is -0.369. The van der Waals surface area contributed by atoms with Crippen molar-refractivity contribution in [2.45, 2.75) is 18.8 Å². The van der Waals surface area contributed by atoms with E-state index in [0.717, 1.165) is 18.5 Å². The molecular formula is C14H13FN4O. The Balaban J connectivity index is 1.59. The molecule has 1 fully saturated rings. The highest BCUT2D eigenvalue weighted by atomic mass is 19.1. The first-order valence-electron chi connectivity index (χ1n) is 6.36. The van der Waals surface area contributed by atoms with Crippen LogP contribution in [-0.4, -0.2) is 22.3 Å². The largest absolute Gasteiger partial charge is 0.291 e. The number of hydrazone groups is 1. The van der Waals surface area contributed by atoms with E-state index in [0.29, 0.717) is 17.2 Å². The molecule has 0 aliphatic heterocycles. The van der Waals surface area contributed by atoms with Gasteiger partial charge < -0.3 is 0 Å². The first-order chi connectivity index (χ1) is 9.72. The van der Waals surface area contributed by atoms with Crippen LogP contribution in [0.1, 0.15) is 40.5 Å². The van der Waals surface area contributed by atoms with Crippen LogP contribution in [0.5, 0.6) is 0 Å². The van der Waals surface area contributed by atoms with Gasteiger partial charge in [-0.2, -0.15) is 10.2 Å². The zero-order chi connectivity index (χ0) is 13.9. The lowest BCUT2D eigenvalue weighted by Gasteiger charge is -1.95. The second-order valence-corrected chi connectivity index (χ2v) is 4.73. The van der Waals surface area contributed by atoms with Gasteiger partial charge in [0.25, 0.3) is 5.91 Å². The van der Waals surface area contributed by atoms with Crippen molar-refractivity contribution in [2.24, 2.45) is 5.10 Å². The van der Waals surface area contributed by atoms with E-state index >= 15 is 0 Å². The highest BCUT2D eigenvalue weighted by Crippen LogP contribution is 2.38. The first kappa shape index (κ1) is 12.5. The van der Waals surface area contributed by atoms with E-state index in [1.54, 1.807) is 18.2 Å². The maximum absolute atomic E-state index is 12.7. The molecule has 0 bridgehead atoms. The van der Waals surface area contributed by atoms with Gasteiger partial charge in [-0.3, -0.25) is 9.89 Å². The molecule has 20 heavy (non-hydrogen) atoms. The number of nitrogens with zero attached hydrogens (tertiary/aromatic N) is 2. The van der Waals surface area contributed by atoms with Gasteiger partial charge in [-0.15, -0.1) is 0 Å². The lowest BCUT2D eigenvalue weighted by Crippen LogP contribution is -2.18. The van der Waals surface area contributed by atoms with Crippen molar-refractivity contribution in [2.75, 3.05) is 0 Å². The summed E-state index contributed by atoms with van der Waals surface area (Å²) in [7, 11) is 0. The molecule has 0 unspecified atom stereocenters. The second-order valence-electron chi connectivity index (χ2n) is 4.73. The van der Waals surface area contributed by atoms with E-state index < -0.39 is 0 Å². The van der Waals surface area contributed by atoms with Crippen LogP contribution in [0.4, 0.5) is 4.39 Å². The van der Waals surface area contributed by atoms with Crippen LogP contribution in [0.3, 0.4) is 0 Å². The molecule has 1 saturated carbocycles. The molecule has 0 atom stereocenters. The van der Waals surface area contributed by atoms with Gasteiger partial charge in [-0.1, -0.05) is 12.1 Å². The Bertz CT molecular complexity index is 643. The Labute approximate surface area is 114 Å². The standard InChI is InChI=1S/C14H13FN4O/c15-11-5-1-9(2-6-11)8-16-19-14(20)13-7-12(17-18-13)10-3-4-10/h1-2,5-8,10H,3-4H2,(H,17,18)(H,19,20)/b16-8-.